The van der Waals surface area contributed by atoms with Gasteiger partial charge in [-0.25, -0.2) is 0 Å². The predicted octanol–water partition coefficient (Wildman–Crippen LogP) is 8.00. The van der Waals surface area contributed by atoms with Crippen LogP contribution in [0.15, 0.2) is 0 Å². The molecule has 0 unspecified atom stereocenters. The number of Topliss-reactive ketones (excluding diaryl/α,β-unsaturated/α-hetero) is 1. The Labute approximate surface area is 209 Å². The molecular weight excluding hydrogens is 420 g/mol. The minimum Gasteiger partial charge on any atom is -0.462 e. The zero-order valence-electron chi connectivity index (χ0n) is 23.0. The SMILES string of the molecule is CC(=O)CC(=O)O[C@H]1CC[C@@]2(C)[C@@H](CC[C@H]3[C@H]2CC[C@@]2(C)[C@@H]3CC[C@H]2[C@@H](C)CCCC(C)C)C1. The maximum absolute atomic E-state index is 12.1. The maximum atomic E-state index is 12.1. The van der Waals surface area contributed by atoms with Gasteiger partial charge >= 0.3 is 5.97 Å². The summed E-state index contributed by atoms with van der Waals surface area (Å²) in [6, 6.07) is 0. The van der Waals surface area contributed by atoms with Gasteiger partial charge in [0.1, 0.15) is 18.3 Å². The number of esters is 1. The van der Waals surface area contributed by atoms with Crippen LogP contribution in [0.2, 0.25) is 0 Å². The Kier molecular flexibility index (Phi) is 7.90. The van der Waals surface area contributed by atoms with Crippen molar-refractivity contribution in [2.75, 3.05) is 0 Å². The summed E-state index contributed by atoms with van der Waals surface area (Å²) in [6.07, 6.45) is 15.8. The summed E-state index contributed by atoms with van der Waals surface area (Å²) < 4.78 is 5.75. The van der Waals surface area contributed by atoms with Crippen LogP contribution in [0.25, 0.3) is 0 Å². The number of carbonyl (C=O) groups excluding carboxylic acids is 2. The van der Waals surface area contributed by atoms with Crippen molar-refractivity contribution >= 4 is 11.8 Å². The first-order valence-electron chi connectivity index (χ1n) is 14.7. The molecule has 0 bridgehead atoms. The van der Waals surface area contributed by atoms with Crippen LogP contribution >= 0.6 is 0 Å². The Morgan fingerprint density at radius 3 is 2.29 bits per heavy atom. The number of hydrogen-bond donors (Lipinski definition) is 0. The van der Waals surface area contributed by atoms with Crippen molar-refractivity contribution in [2.24, 2.45) is 52.3 Å². The molecule has 0 aromatic heterocycles. The van der Waals surface area contributed by atoms with Crippen molar-refractivity contribution in [3.63, 3.8) is 0 Å². The first-order chi connectivity index (χ1) is 16.0. The number of rotatable bonds is 8. The van der Waals surface area contributed by atoms with Gasteiger partial charge in [-0.1, -0.05) is 53.9 Å². The number of ether oxygens (including phenoxy) is 1. The van der Waals surface area contributed by atoms with Crippen molar-refractivity contribution < 1.29 is 14.3 Å². The van der Waals surface area contributed by atoms with E-state index >= 15 is 0 Å². The average molecular weight is 473 g/mol. The first kappa shape index (κ1) is 26.2. The summed E-state index contributed by atoms with van der Waals surface area (Å²) in [5, 5.41) is 0. The summed E-state index contributed by atoms with van der Waals surface area (Å²) in [5.41, 5.74) is 0.968. The Bertz CT molecular complexity index is 743. The molecule has 0 aromatic rings. The fourth-order valence-corrected chi connectivity index (χ4v) is 9.78. The predicted molar refractivity (Wildman–Crippen MR) is 138 cm³/mol. The van der Waals surface area contributed by atoms with E-state index in [0.717, 1.165) is 48.3 Å². The Balaban J connectivity index is 1.39. The molecule has 4 aliphatic rings. The minimum atomic E-state index is -0.317. The average Bonchev–Trinajstić information content (AvgIpc) is 3.10. The van der Waals surface area contributed by atoms with Gasteiger partial charge < -0.3 is 4.74 Å². The van der Waals surface area contributed by atoms with E-state index in [-0.39, 0.29) is 24.3 Å². The molecule has 0 spiro atoms. The standard InChI is InChI=1S/C31H52O3/c1-20(2)8-7-9-21(3)26-12-13-27-25-11-10-23-19-24(34-29(33)18-22(4)32)14-16-30(23,5)28(25)15-17-31(26,27)6/h20-21,23-28H,7-19H2,1-6H3/t21-,23-,24-,25+,26-,27+,28+,30-,31+/m0/s1. The van der Waals surface area contributed by atoms with Gasteiger partial charge in [-0.15, -0.1) is 0 Å². The van der Waals surface area contributed by atoms with Crippen LogP contribution < -0.4 is 0 Å². The summed E-state index contributed by atoms with van der Waals surface area (Å²) in [4.78, 5) is 23.4. The summed E-state index contributed by atoms with van der Waals surface area (Å²) in [5.74, 6) is 5.58. The van der Waals surface area contributed by atoms with Crippen LogP contribution in [0, 0.1) is 52.3 Å². The molecule has 4 saturated carbocycles. The highest BCUT2D eigenvalue weighted by Crippen LogP contribution is 2.68. The molecule has 0 radical (unpaired) electrons. The molecule has 194 valence electrons. The van der Waals surface area contributed by atoms with Gasteiger partial charge in [0, 0.05) is 0 Å². The maximum Gasteiger partial charge on any atom is 0.313 e. The number of ketones is 1. The van der Waals surface area contributed by atoms with Crippen LogP contribution in [-0.2, 0) is 14.3 Å². The molecule has 9 atom stereocenters. The van der Waals surface area contributed by atoms with Crippen LogP contribution in [0.5, 0.6) is 0 Å². The van der Waals surface area contributed by atoms with Gasteiger partial charge in [0.15, 0.2) is 0 Å². The molecule has 34 heavy (non-hydrogen) atoms. The van der Waals surface area contributed by atoms with Crippen molar-refractivity contribution in [3.05, 3.63) is 0 Å². The molecule has 0 saturated heterocycles. The van der Waals surface area contributed by atoms with Crippen molar-refractivity contribution in [1.29, 1.82) is 0 Å². The molecule has 4 fully saturated rings. The Morgan fingerprint density at radius 1 is 0.882 bits per heavy atom. The number of hydrogen-bond acceptors (Lipinski definition) is 3. The van der Waals surface area contributed by atoms with Gasteiger partial charge in [0.05, 0.1) is 0 Å². The zero-order valence-corrected chi connectivity index (χ0v) is 23.0. The van der Waals surface area contributed by atoms with Crippen molar-refractivity contribution in [1.82, 2.24) is 0 Å². The van der Waals surface area contributed by atoms with E-state index in [2.05, 4.69) is 34.6 Å². The fourth-order valence-electron chi connectivity index (χ4n) is 9.78. The molecule has 3 heteroatoms. The third kappa shape index (κ3) is 5.01. The second kappa shape index (κ2) is 10.3. The number of fused-ring (bicyclic) bond motifs is 5. The molecular formula is C31H52O3. The smallest absolute Gasteiger partial charge is 0.313 e. The van der Waals surface area contributed by atoms with Crippen molar-refractivity contribution in [3.8, 4) is 0 Å². The lowest BCUT2D eigenvalue weighted by Crippen LogP contribution is -2.54. The molecule has 4 aliphatic carbocycles. The molecule has 0 heterocycles. The second-order valence-corrected chi connectivity index (χ2v) is 14.0. The van der Waals surface area contributed by atoms with Crippen LogP contribution in [0.3, 0.4) is 0 Å². The molecule has 0 N–H and O–H groups in total. The lowest BCUT2D eigenvalue weighted by Gasteiger charge is -2.61. The highest BCUT2D eigenvalue weighted by Gasteiger charge is 2.60. The third-order valence-electron chi connectivity index (χ3n) is 11.5. The van der Waals surface area contributed by atoms with E-state index in [1.54, 1.807) is 0 Å². The van der Waals surface area contributed by atoms with Gasteiger partial charge in [0.25, 0.3) is 0 Å². The highest BCUT2D eigenvalue weighted by molar-refractivity contribution is 5.94. The molecule has 0 aromatic carbocycles. The monoisotopic (exact) mass is 472 g/mol. The van der Waals surface area contributed by atoms with Crippen LogP contribution in [0.4, 0.5) is 0 Å². The highest BCUT2D eigenvalue weighted by atomic mass is 16.5. The largest absolute Gasteiger partial charge is 0.462 e. The third-order valence-corrected chi connectivity index (χ3v) is 11.5. The van der Waals surface area contributed by atoms with E-state index in [0.29, 0.717) is 16.7 Å². The van der Waals surface area contributed by atoms with Gasteiger partial charge in [-0.05, 0) is 117 Å². The van der Waals surface area contributed by atoms with E-state index in [1.165, 1.54) is 71.1 Å². The number of carbonyl (C=O) groups is 2. The quantitative estimate of drug-likeness (QED) is 0.265. The van der Waals surface area contributed by atoms with Crippen LogP contribution in [0.1, 0.15) is 125 Å². The van der Waals surface area contributed by atoms with E-state index in [4.69, 9.17) is 4.74 Å². The van der Waals surface area contributed by atoms with E-state index < -0.39 is 0 Å². The molecule has 0 aliphatic heterocycles. The van der Waals surface area contributed by atoms with E-state index in [1.807, 2.05) is 0 Å². The zero-order chi connectivity index (χ0) is 24.7. The fraction of sp³-hybridized carbons (Fsp3) is 0.935. The normalized spacial score (nSPS) is 42.4. The summed E-state index contributed by atoms with van der Waals surface area (Å²) >= 11 is 0. The van der Waals surface area contributed by atoms with Gasteiger partial charge in [-0.3, -0.25) is 9.59 Å². The first-order valence-corrected chi connectivity index (χ1v) is 14.7. The van der Waals surface area contributed by atoms with Gasteiger partial charge in [-0.2, -0.15) is 0 Å². The lowest BCUT2D eigenvalue weighted by molar-refractivity contribution is -0.163. The minimum absolute atomic E-state index is 0.0258. The Hall–Kier alpha value is -0.860. The van der Waals surface area contributed by atoms with E-state index in [9.17, 15) is 9.59 Å². The molecule has 3 nitrogen and oxygen atoms in total. The van der Waals surface area contributed by atoms with Crippen molar-refractivity contribution in [2.45, 2.75) is 131 Å². The second-order valence-electron chi connectivity index (χ2n) is 14.0. The molecule has 4 rings (SSSR count). The Morgan fingerprint density at radius 2 is 1.59 bits per heavy atom. The summed E-state index contributed by atoms with van der Waals surface area (Å²) in [6.45, 7) is 14.0. The van der Waals surface area contributed by atoms with Crippen LogP contribution in [-0.4, -0.2) is 17.9 Å². The van der Waals surface area contributed by atoms with Gasteiger partial charge in [0.2, 0.25) is 0 Å². The molecule has 0 amide bonds. The summed E-state index contributed by atoms with van der Waals surface area (Å²) in [7, 11) is 0. The lowest BCUT2D eigenvalue weighted by atomic mass is 9.44. The topological polar surface area (TPSA) is 43.4 Å².